The first kappa shape index (κ1) is 27.8. The lowest BCUT2D eigenvalue weighted by Gasteiger charge is -2.31. The highest BCUT2D eigenvalue weighted by molar-refractivity contribution is 14.1. The Morgan fingerprint density at radius 2 is 1.92 bits per heavy atom. The van der Waals surface area contributed by atoms with Gasteiger partial charge in [-0.2, -0.15) is 0 Å². The Balaban J connectivity index is 1.49. The molecule has 3 amide bonds. The maximum atomic E-state index is 13.0. The van der Waals surface area contributed by atoms with Gasteiger partial charge in [-0.05, 0) is 89.9 Å². The number of piperidine rings is 1. The molecule has 4 rings (SSSR count). The van der Waals surface area contributed by atoms with E-state index in [9.17, 15) is 14.4 Å². The van der Waals surface area contributed by atoms with Gasteiger partial charge < -0.3 is 14.4 Å². The molecule has 196 valence electrons. The number of thioether (sulfide) groups is 1. The number of nitrogens with zero attached hydrogens (tertiary/aromatic N) is 2. The van der Waals surface area contributed by atoms with Gasteiger partial charge in [0.1, 0.15) is 13.2 Å². The van der Waals surface area contributed by atoms with Crippen LogP contribution < -0.4 is 9.47 Å². The third-order valence-electron chi connectivity index (χ3n) is 6.26. The number of hydrogen-bond acceptors (Lipinski definition) is 6. The van der Waals surface area contributed by atoms with Crippen molar-refractivity contribution in [1.82, 2.24) is 9.80 Å². The van der Waals surface area contributed by atoms with Crippen LogP contribution in [0.25, 0.3) is 6.08 Å². The highest BCUT2D eigenvalue weighted by Crippen LogP contribution is 2.38. The molecule has 37 heavy (non-hydrogen) atoms. The molecule has 0 saturated carbocycles. The average molecular weight is 655 g/mol. The zero-order valence-corrected chi connectivity index (χ0v) is 24.4. The summed E-state index contributed by atoms with van der Waals surface area (Å²) in [4.78, 5) is 41.4. The lowest BCUT2D eigenvalue weighted by atomic mass is 9.99. The van der Waals surface area contributed by atoms with Gasteiger partial charge in [-0.3, -0.25) is 19.3 Å². The van der Waals surface area contributed by atoms with Crippen LogP contribution in [0.3, 0.4) is 0 Å². The van der Waals surface area contributed by atoms with Gasteiger partial charge >= 0.3 is 0 Å². The molecule has 0 spiro atoms. The number of amides is 3. The molecule has 0 atom stereocenters. The number of rotatable bonds is 8. The van der Waals surface area contributed by atoms with E-state index in [4.69, 9.17) is 21.1 Å². The van der Waals surface area contributed by atoms with E-state index < -0.39 is 11.1 Å². The molecule has 0 aliphatic carbocycles. The molecule has 10 heteroatoms. The molecule has 2 saturated heterocycles. The summed E-state index contributed by atoms with van der Waals surface area (Å²) >= 11 is 9.26. The van der Waals surface area contributed by atoms with Crippen LogP contribution in [0.15, 0.2) is 41.3 Å². The summed E-state index contributed by atoms with van der Waals surface area (Å²) in [5.74, 6) is 1.04. The van der Waals surface area contributed by atoms with Gasteiger partial charge in [-0.25, -0.2) is 0 Å². The van der Waals surface area contributed by atoms with E-state index in [1.165, 1.54) is 0 Å². The predicted molar refractivity (Wildman–Crippen MR) is 154 cm³/mol. The van der Waals surface area contributed by atoms with Gasteiger partial charge in [0.2, 0.25) is 5.91 Å². The van der Waals surface area contributed by atoms with Crippen LogP contribution in [0.5, 0.6) is 11.5 Å². The van der Waals surface area contributed by atoms with Crippen LogP contribution in [0.1, 0.15) is 37.8 Å². The van der Waals surface area contributed by atoms with Crippen LogP contribution >= 0.6 is 46.0 Å². The SMILES string of the molecule is CCOc1cc(/C=C2/SC(=O)N(CC(=O)N3CCC(C)CC3)C2=O)cc(I)c1OCc1ccccc1Cl. The molecule has 2 aliphatic rings. The fourth-order valence-corrected chi connectivity index (χ4v) is 5.93. The minimum atomic E-state index is -0.458. The second-order valence-electron chi connectivity index (χ2n) is 8.97. The largest absolute Gasteiger partial charge is 0.490 e. The van der Waals surface area contributed by atoms with Gasteiger partial charge in [0.05, 0.1) is 15.1 Å². The number of benzene rings is 2. The van der Waals surface area contributed by atoms with Crippen molar-refractivity contribution in [3.8, 4) is 11.5 Å². The van der Waals surface area contributed by atoms with Crippen LogP contribution in [0.4, 0.5) is 4.79 Å². The average Bonchev–Trinajstić information content (AvgIpc) is 3.12. The molecule has 7 nitrogen and oxygen atoms in total. The van der Waals surface area contributed by atoms with Crippen molar-refractivity contribution in [1.29, 1.82) is 0 Å². The molecule has 2 aromatic carbocycles. The molecule has 0 aromatic heterocycles. The van der Waals surface area contributed by atoms with Gasteiger partial charge in [-0.15, -0.1) is 0 Å². The number of imide groups is 1. The minimum Gasteiger partial charge on any atom is -0.490 e. The Bertz CT molecular complexity index is 1230. The standard InChI is InChI=1S/C27H28ClIN2O5S/c1-3-35-22-13-18(12-21(29)25(22)36-16-19-6-4-5-7-20(19)28)14-23-26(33)31(27(34)37-23)15-24(32)30-10-8-17(2)9-11-30/h4-7,12-14,17H,3,8-11,15-16H2,1-2H3/b23-14+. The summed E-state index contributed by atoms with van der Waals surface area (Å²) in [6, 6.07) is 11.1. The Morgan fingerprint density at radius 3 is 2.62 bits per heavy atom. The van der Waals surface area contributed by atoms with Gasteiger partial charge in [0, 0.05) is 23.7 Å². The number of ether oxygens (including phenoxy) is 2. The zero-order chi connectivity index (χ0) is 26.5. The lowest BCUT2D eigenvalue weighted by molar-refractivity contribution is -0.136. The van der Waals surface area contributed by atoms with Gasteiger partial charge in [0.15, 0.2) is 11.5 Å². The van der Waals surface area contributed by atoms with Crippen molar-refractivity contribution >= 4 is 69.1 Å². The summed E-state index contributed by atoms with van der Waals surface area (Å²) in [6.45, 7) is 5.84. The van der Waals surface area contributed by atoms with Crippen molar-refractivity contribution in [3.63, 3.8) is 0 Å². The third-order valence-corrected chi connectivity index (χ3v) is 8.34. The van der Waals surface area contributed by atoms with Crippen molar-refractivity contribution in [2.75, 3.05) is 26.2 Å². The van der Waals surface area contributed by atoms with Crippen molar-refractivity contribution < 1.29 is 23.9 Å². The Morgan fingerprint density at radius 1 is 1.19 bits per heavy atom. The molecule has 0 radical (unpaired) electrons. The topological polar surface area (TPSA) is 76.2 Å². The Kier molecular flexibility index (Phi) is 9.41. The maximum absolute atomic E-state index is 13.0. The smallest absolute Gasteiger partial charge is 0.294 e. The number of carbonyl (C=O) groups is 3. The molecule has 2 aliphatic heterocycles. The van der Waals surface area contributed by atoms with Crippen LogP contribution in [0, 0.1) is 9.49 Å². The number of hydrogen-bond donors (Lipinski definition) is 0. The van der Waals surface area contributed by atoms with E-state index in [-0.39, 0.29) is 24.0 Å². The number of carbonyl (C=O) groups excluding carboxylic acids is 3. The van der Waals surface area contributed by atoms with E-state index >= 15 is 0 Å². The summed E-state index contributed by atoms with van der Waals surface area (Å²) in [5, 5.41) is 0.186. The molecule has 2 heterocycles. The molecular weight excluding hydrogens is 627 g/mol. The quantitative estimate of drug-likeness (QED) is 0.249. The molecule has 0 N–H and O–H groups in total. The predicted octanol–water partition coefficient (Wildman–Crippen LogP) is 6.22. The summed E-state index contributed by atoms with van der Waals surface area (Å²) in [6.07, 6.45) is 3.53. The first-order valence-corrected chi connectivity index (χ1v) is 14.4. The van der Waals surface area contributed by atoms with E-state index in [1.807, 2.05) is 37.3 Å². The molecule has 0 unspecified atom stereocenters. The van der Waals surface area contributed by atoms with Gasteiger partial charge in [0.25, 0.3) is 11.1 Å². The lowest BCUT2D eigenvalue weighted by Crippen LogP contribution is -2.45. The van der Waals surface area contributed by atoms with Crippen molar-refractivity contribution in [2.45, 2.75) is 33.3 Å². The molecule has 2 fully saturated rings. The number of halogens is 2. The van der Waals surface area contributed by atoms with Gasteiger partial charge in [-0.1, -0.05) is 36.7 Å². The van der Waals surface area contributed by atoms with Crippen LogP contribution in [-0.2, 0) is 16.2 Å². The normalized spacial score (nSPS) is 17.6. The summed E-state index contributed by atoms with van der Waals surface area (Å²) < 4.78 is 12.7. The highest BCUT2D eigenvalue weighted by Gasteiger charge is 2.37. The van der Waals surface area contributed by atoms with Crippen molar-refractivity contribution in [3.05, 3.63) is 61.0 Å². The Labute approximate surface area is 239 Å². The number of likely N-dealkylation sites (tertiary alicyclic amines) is 1. The monoisotopic (exact) mass is 654 g/mol. The Hall–Kier alpha value is -2.24. The molecule has 0 bridgehead atoms. The molecule has 2 aromatic rings. The summed E-state index contributed by atoms with van der Waals surface area (Å²) in [5.41, 5.74) is 1.55. The van der Waals surface area contributed by atoms with Crippen LogP contribution in [0.2, 0.25) is 5.02 Å². The maximum Gasteiger partial charge on any atom is 0.294 e. The fraction of sp³-hybridized carbons (Fsp3) is 0.370. The van der Waals surface area contributed by atoms with Crippen LogP contribution in [-0.4, -0.2) is 53.1 Å². The first-order chi connectivity index (χ1) is 17.8. The molecular formula is C27H28ClIN2O5S. The minimum absolute atomic E-state index is 0.191. The second-order valence-corrected chi connectivity index (χ2v) is 11.5. The van der Waals surface area contributed by atoms with E-state index in [1.54, 1.807) is 17.0 Å². The van der Waals surface area contributed by atoms with E-state index in [2.05, 4.69) is 29.5 Å². The van der Waals surface area contributed by atoms with E-state index in [0.29, 0.717) is 47.7 Å². The van der Waals surface area contributed by atoms with E-state index in [0.717, 1.165) is 38.6 Å². The first-order valence-electron chi connectivity index (χ1n) is 12.1. The van der Waals surface area contributed by atoms with Crippen molar-refractivity contribution in [2.24, 2.45) is 5.92 Å². The fourth-order valence-electron chi connectivity index (χ4n) is 4.12. The highest BCUT2D eigenvalue weighted by atomic mass is 127. The summed E-state index contributed by atoms with van der Waals surface area (Å²) in [7, 11) is 0. The zero-order valence-electron chi connectivity index (χ0n) is 20.7. The second kappa shape index (κ2) is 12.5. The third kappa shape index (κ3) is 6.80.